The summed E-state index contributed by atoms with van der Waals surface area (Å²) in [7, 11) is -1.39. The zero-order valence-corrected chi connectivity index (χ0v) is 15.1. The van der Waals surface area contributed by atoms with Gasteiger partial charge >= 0.3 is 0 Å². The molecule has 2 rings (SSSR count). The molecule has 1 aromatic carbocycles. The fourth-order valence-electron chi connectivity index (χ4n) is 2.59. The quantitative estimate of drug-likeness (QED) is 0.461. The van der Waals surface area contributed by atoms with Crippen molar-refractivity contribution in [3.63, 3.8) is 0 Å². The van der Waals surface area contributed by atoms with Gasteiger partial charge in [-0.25, -0.2) is 13.1 Å². The van der Waals surface area contributed by atoms with Gasteiger partial charge in [0, 0.05) is 33.2 Å². The fraction of sp³-hybridized carbons (Fsp3) is 0.471. The van der Waals surface area contributed by atoms with E-state index in [0.717, 1.165) is 25.5 Å². The Bertz CT molecular complexity index is 684. The van der Waals surface area contributed by atoms with E-state index in [0.29, 0.717) is 13.1 Å². The van der Waals surface area contributed by atoms with Gasteiger partial charge < -0.3 is 10.2 Å². The Morgan fingerprint density at radius 2 is 2.00 bits per heavy atom. The predicted molar refractivity (Wildman–Crippen MR) is 99.4 cm³/mol. The van der Waals surface area contributed by atoms with Crippen molar-refractivity contribution in [2.75, 3.05) is 39.0 Å². The summed E-state index contributed by atoms with van der Waals surface area (Å²) in [6, 6.07) is 10.4. The molecule has 132 valence electrons. The first-order valence-electron chi connectivity index (χ1n) is 8.23. The second-order valence-corrected chi connectivity index (χ2v) is 7.66. The molecule has 1 aliphatic rings. The van der Waals surface area contributed by atoms with E-state index in [2.05, 4.69) is 50.3 Å². The van der Waals surface area contributed by atoms with Gasteiger partial charge in [0.05, 0.1) is 5.75 Å². The third-order valence-electron chi connectivity index (χ3n) is 3.98. The van der Waals surface area contributed by atoms with E-state index >= 15 is 0 Å². The van der Waals surface area contributed by atoms with Crippen LogP contribution in [0.5, 0.6) is 0 Å². The van der Waals surface area contributed by atoms with Gasteiger partial charge in [-0.1, -0.05) is 36.4 Å². The second-order valence-electron chi connectivity index (χ2n) is 5.56. The van der Waals surface area contributed by atoms with Crippen LogP contribution < -0.4 is 10.0 Å². The van der Waals surface area contributed by atoms with Gasteiger partial charge in [0.2, 0.25) is 10.0 Å². The molecule has 0 unspecified atom stereocenters. The summed E-state index contributed by atoms with van der Waals surface area (Å²) in [5.74, 6) is 0.898. The smallest absolute Gasteiger partial charge is 0.211 e. The lowest BCUT2D eigenvalue weighted by atomic mass is 10.00. The fourth-order valence-corrected chi connectivity index (χ4v) is 3.21. The minimum Gasteiger partial charge on any atom is -0.355 e. The summed E-state index contributed by atoms with van der Waals surface area (Å²) in [5.41, 5.74) is 2.63. The molecule has 24 heavy (non-hydrogen) atoms. The van der Waals surface area contributed by atoms with Crippen molar-refractivity contribution in [3.05, 3.63) is 42.0 Å². The highest BCUT2D eigenvalue weighted by Crippen LogP contribution is 2.21. The van der Waals surface area contributed by atoms with Crippen molar-refractivity contribution in [2.45, 2.75) is 13.3 Å². The zero-order valence-electron chi connectivity index (χ0n) is 14.3. The first kappa shape index (κ1) is 18.5. The van der Waals surface area contributed by atoms with Gasteiger partial charge in [-0.15, -0.1) is 0 Å². The molecule has 0 radical (unpaired) electrons. The predicted octanol–water partition coefficient (Wildman–Crippen LogP) is 1.29. The average molecular weight is 350 g/mol. The second kappa shape index (κ2) is 8.84. The highest BCUT2D eigenvalue weighted by Gasteiger charge is 2.16. The van der Waals surface area contributed by atoms with E-state index in [-0.39, 0.29) is 5.75 Å². The van der Waals surface area contributed by atoms with Crippen LogP contribution in [0.25, 0.3) is 5.57 Å². The van der Waals surface area contributed by atoms with Crippen LogP contribution in [0.2, 0.25) is 0 Å². The molecule has 0 atom stereocenters. The molecule has 0 spiro atoms. The van der Waals surface area contributed by atoms with Crippen LogP contribution in [0.4, 0.5) is 0 Å². The number of hydrogen-bond acceptors (Lipinski definition) is 3. The van der Waals surface area contributed by atoms with Crippen molar-refractivity contribution in [2.24, 2.45) is 4.99 Å². The third-order valence-corrected chi connectivity index (χ3v) is 5.38. The maximum Gasteiger partial charge on any atom is 0.211 e. The third kappa shape index (κ3) is 5.35. The van der Waals surface area contributed by atoms with Gasteiger partial charge in [0.25, 0.3) is 0 Å². The van der Waals surface area contributed by atoms with E-state index in [1.165, 1.54) is 11.1 Å². The first-order valence-corrected chi connectivity index (χ1v) is 9.88. The molecule has 1 heterocycles. The molecule has 1 aromatic rings. The first-order chi connectivity index (χ1) is 11.6. The molecule has 0 aliphatic carbocycles. The van der Waals surface area contributed by atoms with Crippen LogP contribution in [-0.4, -0.2) is 58.3 Å². The molecule has 0 amide bonds. The van der Waals surface area contributed by atoms with Crippen LogP contribution >= 0.6 is 0 Å². The topological polar surface area (TPSA) is 73.8 Å². The minimum atomic E-state index is -3.14. The number of nitrogens with one attached hydrogen (secondary N) is 2. The summed E-state index contributed by atoms with van der Waals surface area (Å²) >= 11 is 0. The number of benzene rings is 1. The molecule has 0 aromatic heterocycles. The van der Waals surface area contributed by atoms with E-state index in [9.17, 15) is 8.42 Å². The number of hydrogen-bond donors (Lipinski definition) is 2. The number of sulfonamides is 1. The monoisotopic (exact) mass is 350 g/mol. The van der Waals surface area contributed by atoms with Gasteiger partial charge in [-0.05, 0) is 24.5 Å². The maximum absolute atomic E-state index is 11.4. The Morgan fingerprint density at radius 1 is 1.25 bits per heavy atom. The Morgan fingerprint density at radius 3 is 2.58 bits per heavy atom. The van der Waals surface area contributed by atoms with E-state index < -0.39 is 10.0 Å². The van der Waals surface area contributed by atoms with Crippen molar-refractivity contribution in [3.8, 4) is 0 Å². The summed E-state index contributed by atoms with van der Waals surface area (Å²) < 4.78 is 25.3. The van der Waals surface area contributed by atoms with Crippen molar-refractivity contribution >= 4 is 21.6 Å². The molecular formula is C17H26N4O2S. The molecule has 7 heteroatoms. The zero-order chi connectivity index (χ0) is 17.4. The molecular weight excluding hydrogens is 324 g/mol. The van der Waals surface area contributed by atoms with Crippen LogP contribution in [0, 0.1) is 0 Å². The number of nitrogens with zero attached hydrogens (tertiary/aromatic N) is 2. The summed E-state index contributed by atoms with van der Waals surface area (Å²) in [6.07, 6.45) is 3.19. The molecule has 6 nitrogen and oxygen atoms in total. The largest absolute Gasteiger partial charge is 0.355 e. The molecule has 1 aliphatic heterocycles. The molecule has 0 saturated carbocycles. The molecule has 0 bridgehead atoms. The van der Waals surface area contributed by atoms with Crippen molar-refractivity contribution in [1.29, 1.82) is 0 Å². The lowest BCUT2D eigenvalue weighted by Gasteiger charge is -2.29. The van der Waals surface area contributed by atoms with Crippen molar-refractivity contribution < 1.29 is 8.42 Å². The van der Waals surface area contributed by atoms with Gasteiger partial charge in [0.15, 0.2) is 5.96 Å². The molecule has 0 saturated heterocycles. The molecule has 2 N–H and O–H groups in total. The maximum atomic E-state index is 11.4. The normalized spacial score (nSPS) is 16.0. The van der Waals surface area contributed by atoms with E-state index in [4.69, 9.17) is 0 Å². The Labute approximate surface area is 144 Å². The van der Waals surface area contributed by atoms with Crippen LogP contribution in [-0.2, 0) is 10.0 Å². The highest BCUT2D eigenvalue weighted by molar-refractivity contribution is 7.89. The summed E-state index contributed by atoms with van der Waals surface area (Å²) in [5, 5.41) is 3.21. The Balaban J connectivity index is 1.84. The average Bonchev–Trinajstić information content (AvgIpc) is 2.63. The van der Waals surface area contributed by atoms with Gasteiger partial charge in [0.1, 0.15) is 0 Å². The minimum absolute atomic E-state index is 0.0981. The lowest BCUT2D eigenvalue weighted by Crippen LogP contribution is -2.45. The van der Waals surface area contributed by atoms with E-state index in [1.54, 1.807) is 14.0 Å². The van der Waals surface area contributed by atoms with E-state index in [1.807, 2.05) is 6.07 Å². The lowest BCUT2D eigenvalue weighted by molar-refractivity contribution is 0.440. The highest BCUT2D eigenvalue weighted by atomic mass is 32.2. The van der Waals surface area contributed by atoms with Crippen LogP contribution in [0.15, 0.2) is 41.4 Å². The molecule has 0 fully saturated rings. The number of rotatable bonds is 6. The SMILES string of the molecule is CCS(=O)(=O)NCCNC(=NC)N1CC=C(c2ccccc2)CC1. The van der Waals surface area contributed by atoms with Gasteiger partial charge in [-0.3, -0.25) is 4.99 Å². The number of aliphatic imine (C=N–C) groups is 1. The standard InChI is InChI=1S/C17H26N4O2S/c1-3-24(22,23)20-12-11-19-17(18-2)21-13-9-16(10-14-21)15-7-5-4-6-8-15/h4-9,20H,3,10-14H2,1-2H3,(H,18,19). The summed E-state index contributed by atoms with van der Waals surface area (Å²) in [4.78, 5) is 6.46. The number of guanidine groups is 1. The van der Waals surface area contributed by atoms with Gasteiger partial charge in [-0.2, -0.15) is 0 Å². The summed E-state index contributed by atoms with van der Waals surface area (Å²) in [6.45, 7) is 4.18. The Kier molecular flexibility index (Phi) is 6.81. The Hall–Kier alpha value is -1.86. The van der Waals surface area contributed by atoms with Crippen LogP contribution in [0.3, 0.4) is 0 Å². The van der Waals surface area contributed by atoms with Crippen LogP contribution in [0.1, 0.15) is 18.9 Å². The van der Waals surface area contributed by atoms with Crippen molar-refractivity contribution in [1.82, 2.24) is 14.9 Å².